The van der Waals surface area contributed by atoms with Crippen molar-refractivity contribution in [3.8, 4) is 0 Å². The summed E-state index contributed by atoms with van der Waals surface area (Å²) in [6.45, 7) is 3.13. The first-order valence-corrected chi connectivity index (χ1v) is 11.5. The van der Waals surface area contributed by atoms with Crippen molar-refractivity contribution in [3.05, 3.63) is 23.9 Å². The lowest BCUT2D eigenvalue weighted by atomic mass is 9.96. The van der Waals surface area contributed by atoms with Crippen LogP contribution >= 0.6 is 0 Å². The fraction of sp³-hybridized carbons (Fsp3) is 0.609. The molecule has 1 aromatic heterocycles. The van der Waals surface area contributed by atoms with E-state index in [0.29, 0.717) is 38.2 Å². The van der Waals surface area contributed by atoms with Gasteiger partial charge >= 0.3 is 6.03 Å². The highest BCUT2D eigenvalue weighted by Crippen LogP contribution is 2.35. The number of piperidine rings is 1. The van der Waals surface area contributed by atoms with Crippen molar-refractivity contribution in [2.75, 3.05) is 25.0 Å². The molecule has 0 radical (unpaired) electrons. The van der Waals surface area contributed by atoms with Gasteiger partial charge in [-0.15, -0.1) is 0 Å². The van der Waals surface area contributed by atoms with E-state index in [0.717, 1.165) is 31.2 Å². The van der Waals surface area contributed by atoms with E-state index in [4.69, 9.17) is 0 Å². The van der Waals surface area contributed by atoms with Gasteiger partial charge in [-0.1, -0.05) is 18.9 Å². The molecule has 2 saturated heterocycles. The predicted molar refractivity (Wildman–Crippen MR) is 118 cm³/mol. The molecule has 0 bridgehead atoms. The van der Waals surface area contributed by atoms with E-state index in [1.807, 2.05) is 19.1 Å². The molecule has 9 heteroatoms. The van der Waals surface area contributed by atoms with Crippen LogP contribution < -0.4 is 10.6 Å². The van der Waals surface area contributed by atoms with Crippen molar-refractivity contribution >= 4 is 29.6 Å². The van der Waals surface area contributed by atoms with Crippen molar-refractivity contribution in [2.45, 2.75) is 63.8 Å². The molecule has 4 rings (SSSR count). The fourth-order valence-electron chi connectivity index (χ4n) is 5.00. The molecule has 2 aliphatic heterocycles. The quantitative estimate of drug-likeness (QED) is 0.658. The second-order valence-electron chi connectivity index (χ2n) is 9.12. The van der Waals surface area contributed by atoms with Crippen LogP contribution in [0.1, 0.15) is 56.9 Å². The SMILES string of the molecule is Cc1cccnc1NC(=O)C1CCCN(C(=O)CCCN2C(=O)NC3(CCCC3)C2=O)C1. The maximum absolute atomic E-state index is 12.7. The molecule has 3 fully saturated rings. The number of urea groups is 1. The second kappa shape index (κ2) is 9.26. The molecule has 172 valence electrons. The van der Waals surface area contributed by atoms with Gasteiger partial charge in [0.15, 0.2) is 0 Å². The Morgan fingerprint density at radius 1 is 1.25 bits per heavy atom. The average Bonchev–Trinajstić information content (AvgIpc) is 3.35. The summed E-state index contributed by atoms with van der Waals surface area (Å²) < 4.78 is 0. The van der Waals surface area contributed by atoms with Crippen LogP contribution in [-0.4, -0.2) is 63.7 Å². The molecule has 1 atom stereocenters. The standard InChI is InChI=1S/C23H31N5O4/c1-16-7-4-12-24-19(16)25-20(30)17-8-5-13-27(15-17)18(29)9-6-14-28-21(31)23(26-22(28)32)10-2-3-11-23/h4,7,12,17H,2-3,5-6,8-11,13-15H2,1H3,(H,26,32)(H,24,25,30). The van der Waals surface area contributed by atoms with Crippen molar-refractivity contribution in [2.24, 2.45) is 5.92 Å². The number of imide groups is 1. The van der Waals surface area contributed by atoms with Crippen LogP contribution in [0, 0.1) is 12.8 Å². The van der Waals surface area contributed by atoms with Gasteiger partial charge in [-0.05, 0) is 50.7 Å². The number of likely N-dealkylation sites (tertiary alicyclic amines) is 1. The highest BCUT2D eigenvalue weighted by atomic mass is 16.2. The number of aryl methyl sites for hydroxylation is 1. The molecule has 2 N–H and O–H groups in total. The van der Waals surface area contributed by atoms with Crippen LogP contribution in [0.25, 0.3) is 0 Å². The third-order valence-corrected chi connectivity index (χ3v) is 6.87. The molecule has 1 spiro atoms. The molecule has 1 unspecified atom stereocenters. The summed E-state index contributed by atoms with van der Waals surface area (Å²) in [4.78, 5) is 57.6. The highest BCUT2D eigenvalue weighted by molar-refractivity contribution is 6.07. The van der Waals surface area contributed by atoms with Gasteiger partial charge in [-0.3, -0.25) is 19.3 Å². The van der Waals surface area contributed by atoms with Gasteiger partial charge in [0.1, 0.15) is 11.4 Å². The van der Waals surface area contributed by atoms with Crippen LogP contribution in [0.4, 0.5) is 10.6 Å². The lowest BCUT2D eigenvalue weighted by Crippen LogP contribution is -2.44. The van der Waals surface area contributed by atoms with E-state index in [1.54, 1.807) is 11.1 Å². The average molecular weight is 442 g/mol. The molecule has 9 nitrogen and oxygen atoms in total. The Balaban J connectivity index is 1.26. The van der Waals surface area contributed by atoms with E-state index < -0.39 is 5.54 Å². The summed E-state index contributed by atoms with van der Waals surface area (Å²) in [5.41, 5.74) is 0.185. The molecule has 1 aliphatic carbocycles. The van der Waals surface area contributed by atoms with Crippen molar-refractivity contribution in [1.82, 2.24) is 20.1 Å². The number of carbonyl (C=O) groups is 4. The van der Waals surface area contributed by atoms with Crippen LogP contribution in [0.3, 0.4) is 0 Å². The largest absolute Gasteiger partial charge is 0.342 e. The van der Waals surface area contributed by atoms with Crippen LogP contribution in [0.5, 0.6) is 0 Å². The van der Waals surface area contributed by atoms with Gasteiger partial charge in [-0.25, -0.2) is 9.78 Å². The Morgan fingerprint density at radius 3 is 2.78 bits per heavy atom. The summed E-state index contributed by atoms with van der Waals surface area (Å²) in [5.74, 6) is -0.0339. The number of anilines is 1. The van der Waals surface area contributed by atoms with Gasteiger partial charge in [0.2, 0.25) is 11.8 Å². The molecule has 1 saturated carbocycles. The summed E-state index contributed by atoms with van der Waals surface area (Å²) in [6.07, 6.45) is 7.09. The first-order valence-electron chi connectivity index (χ1n) is 11.5. The zero-order valence-electron chi connectivity index (χ0n) is 18.6. The maximum Gasteiger partial charge on any atom is 0.325 e. The topological polar surface area (TPSA) is 112 Å². The minimum Gasteiger partial charge on any atom is -0.342 e. The Kier molecular flexibility index (Phi) is 6.43. The fourth-order valence-corrected chi connectivity index (χ4v) is 5.00. The lowest BCUT2D eigenvalue weighted by Gasteiger charge is -2.32. The summed E-state index contributed by atoms with van der Waals surface area (Å²) in [7, 11) is 0. The van der Waals surface area contributed by atoms with Gasteiger partial charge in [0.05, 0.1) is 5.92 Å². The van der Waals surface area contributed by atoms with Crippen LogP contribution in [0.2, 0.25) is 0 Å². The lowest BCUT2D eigenvalue weighted by molar-refractivity contribution is -0.136. The summed E-state index contributed by atoms with van der Waals surface area (Å²) in [6, 6.07) is 3.36. The van der Waals surface area contributed by atoms with Crippen molar-refractivity contribution in [1.29, 1.82) is 0 Å². The first kappa shape index (κ1) is 22.2. The molecule has 3 aliphatic rings. The van der Waals surface area contributed by atoms with E-state index in [2.05, 4.69) is 15.6 Å². The molecule has 32 heavy (non-hydrogen) atoms. The Labute approximate surface area is 187 Å². The monoisotopic (exact) mass is 441 g/mol. The normalized spacial score (nSPS) is 22.3. The van der Waals surface area contributed by atoms with E-state index in [1.165, 1.54) is 4.90 Å². The number of aromatic nitrogens is 1. The van der Waals surface area contributed by atoms with Gasteiger partial charge in [0, 0.05) is 32.3 Å². The Hall–Kier alpha value is -2.97. The summed E-state index contributed by atoms with van der Waals surface area (Å²) in [5, 5.41) is 5.74. The van der Waals surface area contributed by atoms with Crippen LogP contribution in [-0.2, 0) is 14.4 Å². The van der Waals surface area contributed by atoms with Gasteiger partial charge < -0.3 is 15.5 Å². The Bertz CT molecular complexity index is 911. The zero-order chi connectivity index (χ0) is 22.7. The molecule has 1 aromatic rings. The highest BCUT2D eigenvalue weighted by Gasteiger charge is 2.52. The number of nitrogens with one attached hydrogen (secondary N) is 2. The van der Waals surface area contributed by atoms with Gasteiger partial charge in [-0.2, -0.15) is 0 Å². The zero-order valence-corrected chi connectivity index (χ0v) is 18.6. The van der Waals surface area contributed by atoms with Crippen molar-refractivity contribution in [3.63, 3.8) is 0 Å². The number of pyridine rings is 1. The Morgan fingerprint density at radius 2 is 2.03 bits per heavy atom. The molecule has 0 aromatic carbocycles. The number of amides is 5. The molecular weight excluding hydrogens is 410 g/mol. The number of carbonyl (C=O) groups excluding carboxylic acids is 4. The number of nitrogens with zero attached hydrogens (tertiary/aromatic N) is 3. The second-order valence-corrected chi connectivity index (χ2v) is 9.12. The van der Waals surface area contributed by atoms with E-state index in [-0.39, 0.29) is 42.6 Å². The smallest absolute Gasteiger partial charge is 0.325 e. The van der Waals surface area contributed by atoms with E-state index in [9.17, 15) is 19.2 Å². The van der Waals surface area contributed by atoms with E-state index >= 15 is 0 Å². The third kappa shape index (κ3) is 4.47. The number of hydrogen-bond donors (Lipinski definition) is 2. The molecule has 3 heterocycles. The van der Waals surface area contributed by atoms with Crippen molar-refractivity contribution < 1.29 is 19.2 Å². The molecular formula is C23H31N5O4. The minimum atomic E-state index is -0.708. The molecule has 5 amide bonds. The third-order valence-electron chi connectivity index (χ3n) is 6.87. The predicted octanol–water partition coefficient (Wildman–Crippen LogP) is 2.21. The minimum absolute atomic E-state index is 0.0425. The van der Waals surface area contributed by atoms with Gasteiger partial charge in [0.25, 0.3) is 5.91 Å². The first-order chi connectivity index (χ1) is 15.4. The number of rotatable bonds is 6. The maximum atomic E-state index is 12.7. The van der Waals surface area contributed by atoms with Crippen LogP contribution in [0.15, 0.2) is 18.3 Å². The summed E-state index contributed by atoms with van der Waals surface area (Å²) >= 11 is 0. The number of hydrogen-bond acceptors (Lipinski definition) is 5.